The maximum atomic E-state index is 15.0. The van der Waals surface area contributed by atoms with E-state index in [9.17, 15) is 72.5 Å². The fourth-order valence-electron chi connectivity index (χ4n) is 12.6. The summed E-state index contributed by atoms with van der Waals surface area (Å²) in [7, 11) is 10.8. The van der Waals surface area contributed by atoms with Gasteiger partial charge in [-0.1, -0.05) is 137 Å². The largest absolute Gasteiger partial charge is 0.481 e. The number of carboxylic acids is 2. The van der Waals surface area contributed by atoms with Crippen LogP contribution in [0.1, 0.15) is 214 Å². The number of aliphatic hydroxyl groups is 5. The molecule has 1 aromatic heterocycles. The first-order valence-electron chi connectivity index (χ1n) is 46.5. The molecule has 138 heavy (non-hydrogen) atoms. The average Bonchev–Trinajstić information content (AvgIpc) is 1.53. The minimum Gasteiger partial charge on any atom is -0.481 e. The average molecular weight is 2030 g/mol. The fourth-order valence-corrected chi connectivity index (χ4v) is 14.5. The SMILES string of the molecule is CCC(CO)OC(CO)OC.CCC(CO)OC(COC(=O)NCCC(=O)NCCSSC)OC.CCC(CO)OC(COC(=O)NCCC(=O)N[C@@H](C(=O)Oc1ccc(C[C@@H](C[C@H](C)C(=O)O)NC(=O)c2csc([C@@H](C[C@H](C(C)C)N(COC(=O)CC(C)C)C(=O)[C@@H](NC(=O)[C@H]3CCCCN3C)[C@@H](C)CC)OC(C)=O)n2)cc1)C(C)C)OC.CCC(CO)OC(COC(=O)NCCC(=O)O)OC. The van der Waals surface area contributed by atoms with Crippen LogP contribution in [0, 0.1) is 29.6 Å². The Morgan fingerprint density at radius 2 is 1.07 bits per heavy atom. The molecule has 2 aromatic rings. The van der Waals surface area contributed by atoms with Crippen LogP contribution in [0.5, 0.6) is 5.75 Å². The van der Waals surface area contributed by atoms with Crippen molar-refractivity contribution in [3.63, 3.8) is 0 Å². The van der Waals surface area contributed by atoms with Gasteiger partial charge in [-0.3, -0.25) is 48.1 Å². The molecule has 1 aromatic carbocycles. The molecule has 2 heterocycles. The molecule has 794 valence electrons. The molecule has 8 amide bonds. The number of aliphatic carboxylic acids is 2. The number of rotatable bonds is 66. The van der Waals surface area contributed by atoms with Gasteiger partial charge in [0, 0.05) is 110 Å². The molecule has 0 radical (unpaired) electrons. The van der Waals surface area contributed by atoms with Crippen LogP contribution in [0.25, 0.3) is 0 Å². The van der Waals surface area contributed by atoms with E-state index in [-0.39, 0.29) is 182 Å². The van der Waals surface area contributed by atoms with Gasteiger partial charge in [-0.25, -0.2) is 24.2 Å². The summed E-state index contributed by atoms with van der Waals surface area (Å²) in [5.41, 5.74) is 0.608. The number of aromatic nitrogens is 1. The Bertz CT molecular complexity index is 3740. The van der Waals surface area contributed by atoms with E-state index in [1.165, 1.54) is 64.7 Å². The summed E-state index contributed by atoms with van der Waals surface area (Å²) >= 11 is 1.05. The molecule has 1 saturated heterocycles. The number of hydrogen-bond acceptors (Lipinski definition) is 37. The number of aliphatic hydroxyl groups excluding tert-OH is 5. The van der Waals surface area contributed by atoms with Gasteiger partial charge >= 0.3 is 48.1 Å². The van der Waals surface area contributed by atoms with E-state index in [2.05, 4.69) is 42.2 Å². The van der Waals surface area contributed by atoms with Crippen LogP contribution < -0.4 is 42.0 Å². The van der Waals surface area contributed by atoms with Crippen LogP contribution in [-0.4, -0.2) is 348 Å². The molecule has 47 heteroatoms. The minimum atomic E-state index is -1.09. The van der Waals surface area contributed by atoms with E-state index in [0.29, 0.717) is 50.6 Å². The molecule has 16 atom stereocenters. The first kappa shape index (κ1) is 130. The topological polar surface area (TPSA) is 596 Å². The van der Waals surface area contributed by atoms with Crippen molar-refractivity contribution in [1.29, 1.82) is 0 Å². The molecule has 0 aliphatic carbocycles. The highest BCUT2D eigenvalue weighted by Gasteiger charge is 2.41. The summed E-state index contributed by atoms with van der Waals surface area (Å²) in [4.78, 5) is 172. The van der Waals surface area contributed by atoms with Gasteiger partial charge in [0.05, 0.1) is 75.8 Å². The molecule has 3 rings (SSSR count). The monoisotopic (exact) mass is 2030 g/mol. The zero-order chi connectivity index (χ0) is 104. The number of hydrogen-bond donors (Lipinski definition) is 14. The zero-order valence-electron chi connectivity index (χ0n) is 83.8. The predicted octanol–water partition coefficient (Wildman–Crippen LogP) is 6.60. The van der Waals surface area contributed by atoms with Crippen molar-refractivity contribution in [2.45, 2.75) is 279 Å². The van der Waals surface area contributed by atoms with E-state index in [1.807, 2.05) is 87.4 Å². The highest BCUT2D eigenvalue weighted by atomic mass is 33.1. The van der Waals surface area contributed by atoms with Gasteiger partial charge < -0.3 is 144 Å². The normalized spacial score (nSPS) is 15.7. The summed E-state index contributed by atoms with van der Waals surface area (Å²) < 4.78 is 73.4. The number of amides is 8. The number of carboxylic acid groups (broad SMARTS) is 2. The summed E-state index contributed by atoms with van der Waals surface area (Å²) in [5, 5.41) is 83.3. The Labute approximate surface area is 823 Å². The second-order valence-electron chi connectivity index (χ2n) is 33.1. The molecule has 1 aliphatic rings. The highest BCUT2D eigenvalue weighted by molar-refractivity contribution is 8.76. The Balaban J connectivity index is 0.00000277. The Morgan fingerprint density at radius 1 is 0.572 bits per heavy atom. The number of benzene rings is 1. The summed E-state index contributed by atoms with van der Waals surface area (Å²) in [6.07, 6.45) is -0.357. The van der Waals surface area contributed by atoms with Crippen molar-refractivity contribution in [3.05, 3.63) is 45.9 Å². The van der Waals surface area contributed by atoms with Crippen LogP contribution in [0.3, 0.4) is 0 Å². The predicted molar refractivity (Wildman–Crippen MR) is 512 cm³/mol. The minimum absolute atomic E-state index is 0.0130. The number of carbonyl (C=O) groups excluding carboxylic acids is 11. The van der Waals surface area contributed by atoms with Crippen molar-refractivity contribution in [2.75, 3.05) is 140 Å². The summed E-state index contributed by atoms with van der Waals surface area (Å²) in [6, 6.07) is 2.40. The van der Waals surface area contributed by atoms with Crippen molar-refractivity contribution in [2.24, 2.45) is 29.6 Å². The van der Waals surface area contributed by atoms with Gasteiger partial charge in [0.1, 0.15) is 48.4 Å². The number of carbonyl (C=O) groups is 13. The molecule has 44 nitrogen and oxygen atoms in total. The van der Waals surface area contributed by atoms with Crippen LogP contribution in [0.4, 0.5) is 14.4 Å². The Morgan fingerprint density at radius 3 is 1.49 bits per heavy atom. The quantitative estimate of drug-likeness (QED) is 0.00827. The first-order chi connectivity index (χ1) is 65.6. The second kappa shape index (κ2) is 76.3. The van der Waals surface area contributed by atoms with Gasteiger partial charge in [0.15, 0.2) is 38.0 Å². The van der Waals surface area contributed by atoms with Crippen LogP contribution in [0.15, 0.2) is 29.6 Å². The standard InChI is InChI=1S/C59H93N7O17S.C14H28N2O6S2.C11H21NO7.C7H16O4/c1-14-37(9)52(64-54(72)45-18-16-17-25-65(45)12)56(73)66(33-80-49(70)26-34(3)4)46(35(5)6)29-47(81-39(11)68)55-62-44(32-84-55)53(71)61-41(27-38(10)57(74)75)28-40-19-21-43(22-20-40)83-58(76)51(36(7)8)63-48(69)23-24-60-59(77)79-31-50(78-13)82-42(15-2)30-67;1-4-11(9-17)22-13(20-2)10-21-14(19)16-6-5-12(18)15-7-8-24-23-3;1-3-8(6-13)19-10(17-2)7-18-11(16)12-5-4-9(14)15;1-3-6(4-8)11-7(5-9)10-2/h19-22,32,34-38,41-42,45-47,50-52,67H,14-18,23-31,33H2,1-13H3,(H,60,77)(H,61,71)(H,63,69)(H,64,72)(H,74,75);11,13,17H,4-10H2,1-3H3,(H,15,18)(H,16,19);8,10,13H,3-7H2,1-2H3,(H,12,16)(H,14,15);6-9H,3-5H2,1-2H3/t37-,38-,41+,42?,45+,46+,47+,50?,51+,52-;;;/m0.../s1. The van der Waals surface area contributed by atoms with Crippen molar-refractivity contribution >= 4 is 111 Å². The smallest absolute Gasteiger partial charge is 0.407 e. The van der Waals surface area contributed by atoms with Gasteiger partial charge in [0.2, 0.25) is 23.6 Å². The molecular weight excluding hydrogens is 1870 g/mol. The van der Waals surface area contributed by atoms with E-state index in [0.717, 1.165) is 36.5 Å². The zero-order valence-corrected chi connectivity index (χ0v) is 86.2. The third-order valence-electron chi connectivity index (χ3n) is 21.0. The molecule has 0 bridgehead atoms. The Hall–Kier alpha value is -8.50. The number of piperidine rings is 1. The summed E-state index contributed by atoms with van der Waals surface area (Å²) in [6.45, 7) is 24.6. The van der Waals surface area contributed by atoms with E-state index < -0.39 is 152 Å². The number of likely N-dealkylation sites (N-methyl/N-ethyl adjacent to an activating group) is 1. The van der Waals surface area contributed by atoms with Gasteiger partial charge in [0.25, 0.3) is 5.91 Å². The number of nitrogens with one attached hydrogen (secondary N) is 7. The number of esters is 3. The maximum Gasteiger partial charge on any atom is 0.407 e. The second-order valence-corrected chi connectivity index (χ2v) is 36.7. The molecular formula is C91H158N10O34S3. The number of ether oxygens (including phenoxy) is 14. The lowest BCUT2D eigenvalue weighted by Crippen LogP contribution is -2.59. The molecule has 0 spiro atoms. The number of alkyl carbamates (subject to hydrolysis) is 3. The van der Waals surface area contributed by atoms with Gasteiger partial charge in [-0.2, -0.15) is 0 Å². The lowest BCUT2D eigenvalue weighted by atomic mass is 9.92. The van der Waals surface area contributed by atoms with Gasteiger partial charge in [-0.05, 0) is 113 Å². The van der Waals surface area contributed by atoms with E-state index >= 15 is 0 Å². The number of likely N-dealkylation sites (tertiary alicyclic amines) is 1. The summed E-state index contributed by atoms with van der Waals surface area (Å²) in [5.74, 6) is -7.01. The maximum absolute atomic E-state index is 15.0. The van der Waals surface area contributed by atoms with E-state index in [1.54, 1.807) is 47.6 Å². The third kappa shape index (κ3) is 56.8. The van der Waals surface area contributed by atoms with Crippen LogP contribution in [-0.2, 0) is 111 Å². The number of thiazole rings is 1. The van der Waals surface area contributed by atoms with Gasteiger partial charge in [-0.15, -0.1) is 11.3 Å². The lowest BCUT2D eigenvalue weighted by molar-refractivity contribution is -0.181. The first-order valence-corrected chi connectivity index (χ1v) is 50.1. The van der Waals surface area contributed by atoms with Crippen LogP contribution >= 0.6 is 32.9 Å². The molecule has 1 aliphatic heterocycles. The van der Waals surface area contributed by atoms with Crippen molar-refractivity contribution < 1.29 is 164 Å². The lowest BCUT2D eigenvalue weighted by Gasteiger charge is -2.39. The molecule has 1 fully saturated rings. The van der Waals surface area contributed by atoms with E-state index in [4.69, 9.17) is 91.8 Å². The fraction of sp³-hybridized carbons (Fsp3) is 0.758. The molecule has 8 unspecified atom stereocenters. The highest BCUT2D eigenvalue weighted by Crippen LogP contribution is 2.33. The Kier molecular flexibility index (Phi) is 71.6. The molecule has 0 saturated carbocycles. The number of nitrogens with zero attached hydrogens (tertiary/aromatic N) is 3. The van der Waals surface area contributed by atoms with Crippen molar-refractivity contribution in [3.8, 4) is 5.75 Å². The molecule has 14 N–H and O–H groups in total. The number of methoxy groups -OCH3 is 4. The van der Waals surface area contributed by atoms with Crippen LogP contribution in [0.2, 0.25) is 0 Å². The van der Waals surface area contributed by atoms with Crippen molar-refractivity contribution in [1.82, 2.24) is 52.0 Å². The third-order valence-corrected chi connectivity index (χ3v) is 23.8.